The van der Waals surface area contributed by atoms with E-state index in [-0.39, 0.29) is 16.8 Å². The van der Waals surface area contributed by atoms with Gasteiger partial charge in [-0.15, -0.1) is 0 Å². The van der Waals surface area contributed by atoms with Gasteiger partial charge < -0.3 is 10.1 Å². The summed E-state index contributed by atoms with van der Waals surface area (Å²) in [5.74, 6) is -0.924. The van der Waals surface area contributed by atoms with Crippen LogP contribution in [-0.4, -0.2) is 26.4 Å². The Bertz CT molecular complexity index is 694. The highest BCUT2D eigenvalue weighted by Crippen LogP contribution is 2.25. The van der Waals surface area contributed by atoms with Crippen LogP contribution in [0.3, 0.4) is 0 Å². The number of nitrogens with two attached hydrogens (primary N) is 1. The predicted octanol–water partition coefficient (Wildman–Crippen LogP) is 1.78. The summed E-state index contributed by atoms with van der Waals surface area (Å²) in [6.45, 7) is 1.51. The molecule has 0 unspecified atom stereocenters. The van der Waals surface area contributed by atoms with Crippen LogP contribution in [-0.2, 0) is 24.3 Å². The van der Waals surface area contributed by atoms with Crippen molar-refractivity contribution in [2.75, 3.05) is 5.32 Å². The lowest BCUT2D eigenvalue weighted by Gasteiger charge is -2.22. The quantitative estimate of drug-likeness (QED) is 0.782. The first kappa shape index (κ1) is 18.4. The number of hydrogen-bond donors (Lipinski definition) is 2. The smallest absolute Gasteiger partial charge is 0.309 e. The third-order valence-corrected chi connectivity index (χ3v) is 4.98. The van der Waals surface area contributed by atoms with Crippen LogP contribution in [0.15, 0.2) is 29.2 Å². The summed E-state index contributed by atoms with van der Waals surface area (Å²) in [5.41, 5.74) is 0.396. The first-order valence-electron chi connectivity index (χ1n) is 7.91. The van der Waals surface area contributed by atoms with E-state index in [2.05, 4.69) is 5.32 Å². The first-order valence-corrected chi connectivity index (χ1v) is 9.46. The van der Waals surface area contributed by atoms with Crippen LogP contribution in [0.2, 0.25) is 0 Å². The van der Waals surface area contributed by atoms with Crippen molar-refractivity contribution in [1.29, 1.82) is 0 Å². The van der Waals surface area contributed by atoms with Crippen LogP contribution in [0.1, 0.15) is 39.0 Å². The topological polar surface area (TPSA) is 116 Å². The lowest BCUT2D eigenvalue weighted by molar-refractivity contribution is -0.158. The predicted molar refractivity (Wildman–Crippen MR) is 88.6 cm³/mol. The Morgan fingerprint density at radius 2 is 1.75 bits per heavy atom. The van der Waals surface area contributed by atoms with E-state index >= 15 is 0 Å². The van der Waals surface area contributed by atoms with Gasteiger partial charge in [-0.2, -0.15) is 0 Å². The number of carbonyl (C=O) groups excluding carboxylic acids is 2. The molecule has 1 aromatic rings. The molecule has 1 aliphatic carbocycles. The normalized spacial score (nSPS) is 17.1. The van der Waals surface area contributed by atoms with Gasteiger partial charge in [-0.1, -0.05) is 19.3 Å². The van der Waals surface area contributed by atoms with E-state index in [1.807, 2.05) is 0 Å². The molecule has 2 rings (SSSR count). The lowest BCUT2D eigenvalue weighted by atomic mass is 9.89. The Hall–Kier alpha value is -1.93. The Morgan fingerprint density at radius 1 is 1.17 bits per heavy atom. The molecule has 1 aliphatic rings. The first-order chi connectivity index (χ1) is 11.3. The van der Waals surface area contributed by atoms with E-state index in [0.29, 0.717) is 5.69 Å². The molecular formula is C16H22N2O5S. The van der Waals surface area contributed by atoms with Gasteiger partial charge in [-0.25, -0.2) is 13.6 Å². The zero-order valence-corrected chi connectivity index (χ0v) is 14.3. The molecule has 3 N–H and O–H groups in total. The van der Waals surface area contributed by atoms with E-state index in [1.165, 1.54) is 31.2 Å². The summed E-state index contributed by atoms with van der Waals surface area (Å²) < 4.78 is 27.6. The second-order valence-corrected chi connectivity index (χ2v) is 7.53. The number of nitrogens with one attached hydrogen (secondary N) is 1. The molecule has 132 valence electrons. The number of anilines is 1. The van der Waals surface area contributed by atoms with Crippen LogP contribution in [0.25, 0.3) is 0 Å². The number of benzene rings is 1. The summed E-state index contributed by atoms with van der Waals surface area (Å²) >= 11 is 0. The second kappa shape index (κ2) is 7.76. The standard InChI is InChI=1S/C16H22N2O5S/c1-11(23-16(20)12-5-3-2-4-6-12)15(19)18-13-7-9-14(10-8-13)24(17,21)22/h7-12H,2-6H2,1H3,(H,18,19)(H2,17,21,22)/t11-/m0/s1. The van der Waals surface area contributed by atoms with Crippen molar-refractivity contribution in [1.82, 2.24) is 0 Å². The molecule has 0 aromatic heterocycles. The molecule has 1 fully saturated rings. The van der Waals surface area contributed by atoms with Gasteiger partial charge in [0.05, 0.1) is 10.8 Å². The molecule has 0 radical (unpaired) electrons. The van der Waals surface area contributed by atoms with E-state index in [4.69, 9.17) is 9.88 Å². The zero-order valence-electron chi connectivity index (χ0n) is 13.5. The number of carbonyl (C=O) groups is 2. The highest BCUT2D eigenvalue weighted by atomic mass is 32.2. The van der Waals surface area contributed by atoms with Gasteiger partial charge in [-0.05, 0) is 44.0 Å². The Labute approximate surface area is 141 Å². The summed E-state index contributed by atoms with van der Waals surface area (Å²) in [5, 5.41) is 7.59. The van der Waals surface area contributed by atoms with E-state index in [9.17, 15) is 18.0 Å². The average molecular weight is 354 g/mol. The van der Waals surface area contributed by atoms with Gasteiger partial charge in [0.2, 0.25) is 10.0 Å². The maximum Gasteiger partial charge on any atom is 0.309 e. The Kier molecular flexibility index (Phi) is 5.95. The van der Waals surface area contributed by atoms with Gasteiger partial charge in [0, 0.05) is 5.69 Å². The van der Waals surface area contributed by atoms with Crippen molar-refractivity contribution in [3.05, 3.63) is 24.3 Å². The van der Waals surface area contributed by atoms with Gasteiger partial charge in [-0.3, -0.25) is 9.59 Å². The number of esters is 1. The molecule has 1 atom stereocenters. The summed E-state index contributed by atoms with van der Waals surface area (Å²) in [4.78, 5) is 24.1. The highest BCUT2D eigenvalue weighted by Gasteiger charge is 2.26. The average Bonchev–Trinajstić information content (AvgIpc) is 2.55. The largest absolute Gasteiger partial charge is 0.452 e. The summed E-state index contributed by atoms with van der Waals surface area (Å²) in [6.07, 6.45) is 3.85. The molecule has 1 amide bonds. The van der Waals surface area contributed by atoms with Gasteiger partial charge in [0.15, 0.2) is 6.10 Å². The lowest BCUT2D eigenvalue weighted by Crippen LogP contribution is -2.32. The second-order valence-electron chi connectivity index (χ2n) is 5.97. The summed E-state index contributed by atoms with van der Waals surface area (Å²) in [7, 11) is -3.77. The Morgan fingerprint density at radius 3 is 2.29 bits per heavy atom. The van der Waals surface area contributed by atoms with Gasteiger partial charge in [0.1, 0.15) is 0 Å². The van der Waals surface area contributed by atoms with Crippen LogP contribution in [0, 0.1) is 5.92 Å². The minimum absolute atomic E-state index is 0.0442. The molecule has 0 aliphatic heterocycles. The van der Waals surface area contributed by atoms with Crippen molar-refractivity contribution < 1.29 is 22.7 Å². The molecule has 1 aromatic carbocycles. The van der Waals surface area contributed by atoms with Gasteiger partial charge >= 0.3 is 5.97 Å². The molecule has 8 heteroatoms. The van der Waals surface area contributed by atoms with Crippen molar-refractivity contribution in [2.24, 2.45) is 11.1 Å². The van der Waals surface area contributed by atoms with Crippen molar-refractivity contribution in [3.8, 4) is 0 Å². The van der Waals surface area contributed by atoms with Crippen molar-refractivity contribution in [2.45, 2.75) is 50.0 Å². The minimum Gasteiger partial charge on any atom is -0.452 e. The van der Waals surface area contributed by atoms with Crippen LogP contribution in [0.4, 0.5) is 5.69 Å². The monoisotopic (exact) mass is 354 g/mol. The number of amides is 1. The molecule has 0 heterocycles. The fourth-order valence-corrected chi connectivity index (χ4v) is 3.15. The molecule has 7 nitrogen and oxygen atoms in total. The van der Waals surface area contributed by atoms with Crippen molar-refractivity contribution in [3.63, 3.8) is 0 Å². The number of hydrogen-bond acceptors (Lipinski definition) is 5. The maximum absolute atomic E-state index is 12.1. The highest BCUT2D eigenvalue weighted by molar-refractivity contribution is 7.89. The number of primary sulfonamides is 1. The minimum atomic E-state index is -3.77. The number of rotatable bonds is 5. The van der Waals surface area contributed by atoms with Crippen LogP contribution >= 0.6 is 0 Å². The number of ether oxygens (including phenoxy) is 1. The molecular weight excluding hydrogens is 332 g/mol. The van der Waals surface area contributed by atoms with E-state index < -0.39 is 22.0 Å². The maximum atomic E-state index is 12.1. The molecule has 24 heavy (non-hydrogen) atoms. The molecule has 0 saturated heterocycles. The molecule has 0 bridgehead atoms. The SMILES string of the molecule is C[C@H](OC(=O)C1CCCCC1)C(=O)Nc1ccc(S(N)(=O)=O)cc1. The van der Waals surface area contributed by atoms with E-state index in [0.717, 1.165) is 32.1 Å². The van der Waals surface area contributed by atoms with Gasteiger partial charge in [0.25, 0.3) is 5.91 Å². The fourth-order valence-electron chi connectivity index (χ4n) is 2.63. The summed E-state index contributed by atoms with van der Waals surface area (Å²) in [6, 6.07) is 5.44. The third-order valence-electron chi connectivity index (χ3n) is 4.05. The Balaban J connectivity index is 1.90. The van der Waals surface area contributed by atoms with Crippen LogP contribution < -0.4 is 10.5 Å². The van der Waals surface area contributed by atoms with E-state index in [1.54, 1.807) is 0 Å². The fraction of sp³-hybridized carbons (Fsp3) is 0.500. The molecule has 1 saturated carbocycles. The third kappa shape index (κ3) is 5.04. The number of sulfonamides is 1. The van der Waals surface area contributed by atoms with Crippen LogP contribution in [0.5, 0.6) is 0 Å². The van der Waals surface area contributed by atoms with Crippen molar-refractivity contribution >= 4 is 27.6 Å². The zero-order chi connectivity index (χ0) is 17.7. The molecule has 0 spiro atoms.